The van der Waals surface area contributed by atoms with Crippen molar-refractivity contribution in [2.75, 3.05) is 31.9 Å². The maximum Gasteiger partial charge on any atom is 0.232 e. The zero-order valence-corrected chi connectivity index (χ0v) is 10.3. The van der Waals surface area contributed by atoms with Gasteiger partial charge >= 0.3 is 0 Å². The highest BCUT2D eigenvalue weighted by Crippen LogP contribution is 2.21. The summed E-state index contributed by atoms with van der Waals surface area (Å²) in [6.45, 7) is 3.42. The quantitative estimate of drug-likeness (QED) is 0.737. The van der Waals surface area contributed by atoms with Gasteiger partial charge < -0.3 is 15.3 Å². The van der Waals surface area contributed by atoms with Crippen LogP contribution in [0.2, 0.25) is 0 Å². The molecular weight excluding hydrogens is 224 g/mol. The molecule has 2 N–H and O–H groups in total. The number of aliphatic hydroxyl groups excluding tert-OH is 1. The van der Waals surface area contributed by atoms with E-state index in [4.69, 9.17) is 0 Å². The molecule has 0 radical (unpaired) electrons. The minimum absolute atomic E-state index is 0.195. The van der Waals surface area contributed by atoms with Gasteiger partial charge in [-0.15, -0.1) is 11.8 Å². The van der Waals surface area contributed by atoms with Crippen LogP contribution in [0.5, 0.6) is 0 Å². The highest BCUT2D eigenvalue weighted by molar-refractivity contribution is 8.00. The Morgan fingerprint density at radius 1 is 1.38 bits per heavy atom. The van der Waals surface area contributed by atoms with E-state index in [1.165, 1.54) is 12.8 Å². The summed E-state index contributed by atoms with van der Waals surface area (Å²) in [5.41, 5.74) is 0. The van der Waals surface area contributed by atoms with Gasteiger partial charge in [0, 0.05) is 18.3 Å². The van der Waals surface area contributed by atoms with E-state index in [0.29, 0.717) is 17.5 Å². The van der Waals surface area contributed by atoms with Crippen LogP contribution in [0.25, 0.3) is 0 Å². The molecule has 2 aliphatic heterocycles. The monoisotopic (exact) mass is 244 g/mol. The predicted molar refractivity (Wildman–Crippen MR) is 65.6 cm³/mol. The predicted octanol–water partition coefficient (Wildman–Crippen LogP) is 0.0648. The lowest BCUT2D eigenvalue weighted by Gasteiger charge is -2.23. The Bertz CT molecular complexity index is 244. The molecule has 0 unspecified atom stereocenters. The Morgan fingerprint density at radius 3 is 2.75 bits per heavy atom. The molecule has 2 aliphatic rings. The number of hydrogen-bond acceptors (Lipinski definition) is 4. The summed E-state index contributed by atoms with van der Waals surface area (Å²) < 4.78 is 0. The Hall–Kier alpha value is -0.260. The fourth-order valence-electron chi connectivity index (χ4n) is 2.21. The van der Waals surface area contributed by atoms with E-state index in [9.17, 15) is 9.90 Å². The first-order valence-electron chi connectivity index (χ1n) is 6.04. The number of carbonyl (C=O) groups is 1. The summed E-state index contributed by atoms with van der Waals surface area (Å²) >= 11 is 1.78. The highest BCUT2D eigenvalue weighted by atomic mass is 32.2. The lowest BCUT2D eigenvalue weighted by molar-refractivity contribution is -0.127. The van der Waals surface area contributed by atoms with Crippen molar-refractivity contribution < 1.29 is 9.90 Å². The molecule has 1 atom stereocenters. The normalized spacial score (nSPS) is 27.3. The number of likely N-dealkylation sites (tertiary alicyclic amines) is 1. The molecule has 0 aromatic heterocycles. The number of amides is 1. The standard InChI is InChI=1S/C11H20N2O2S/c14-9-3-6-13(7-9)11(15)8-16-10-1-4-12-5-2-10/h9-10,12,14H,1-8H2/t9-/m1/s1. The first-order valence-corrected chi connectivity index (χ1v) is 7.09. The Kier molecular flexibility index (Phi) is 4.49. The zero-order chi connectivity index (χ0) is 11.4. The molecule has 4 nitrogen and oxygen atoms in total. The summed E-state index contributed by atoms with van der Waals surface area (Å²) in [6.07, 6.45) is 2.78. The van der Waals surface area contributed by atoms with Crippen LogP contribution in [0.3, 0.4) is 0 Å². The maximum atomic E-state index is 11.8. The smallest absolute Gasteiger partial charge is 0.232 e. The van der Waals surface area contributed by atoms with E-state index in [1.54, 1.807) is 16.7 Å². The number of β-amino-alcohol motifs (C(OH)–C–C–N with tert-alkyl or cyclic N) is 1. The second-order valence-electron chi connectivity index (χ2n) is 4.54. The minimum Gasteiger partial charge on any atom is -0.391 e. The number of hydrogen-bond donors (Lipinski definition) is 2. The van der Waals surface area contributed by atoms with Crippen molar-refractivity contribution in [3.63, 3.8) is 0 Å². The third kappa shape index (κ3) is 3.37. The number of thioether (sulfide) groups is 1. The van der Waals surface area contributed by atoms with Gasteiger partial charge in [-0.05, 0) is 32.4 Å². The van der Waals surface area contributed by atoms with Gasteiger partial charge in [-0.25, -0.2) is 0 Å². The van der Waals surface area contributed by atoms with Crippen LogP contribution < -0.4 is 5.32 Å². The number of piperidine rings is 1. The van der Waals surface area contributed by atoms with Gasteiger partial charge in [0.05, 0.1) is 11.9 Å². The van der Waals surface area contributed by atoms with Crippen molar-refractivity contribution in [3.8, 4) is 0 Å². The van der Waals surface area contributed by atoms with Gasteiger partial charge in [-0.2, -0.15) is 0 Å². The molecule has 2 rings (SSSR count). The summed E-state index contributed by atoms with van der Waals surface area (Å²) in [5, 5.41) is 13.3. The first-order chi connectivity index (χ1) is 7.75. The van der Waals surface area contributed by atoms with E-state index in [0.717, 1.165) is 26.1 Å². The van der Waals surface area contributed by atoms with Gasteiger partial charge in [0.25, 0.3) is 0 Å². The third-order valence-electron chi connectivity index (χ3n) is 3.24. The van der Waals surface area contributed by atoms with Crippen LogP contribution in [0.4, 0.5) is 0 Å². The molecule has 2 heterocycles. The van der Waals surface area contributed by atoms with Crippen molar-refractivity contribution in [1.82, 2.24) is 10.2 Å². The van der Waals surface area contributed by atoms with Crippen LogP contribution in [0, 0.1) is 0 Å². The van der Waals surface area contributed by atoms with Gasteiger partial charge in [0.1, 0.15) is 0 Å². The molecule has 1 amide bonds. The summed E-state index contributed by atoms with van der Waals surface area (Å²) in [6, 6.07) is 0. The van der Waals surface area contributed by atoms with Crippen LogP contribution in [-0.4, -0.2) is 59.2 Å². The lowest BCUT2D eigenvalue weighted by atomic mass is 10.2. The molecule has 92 valence electrons. The molecular formula is C11H20N2O2S. The van der Waals surface area contributed by atoms with Crippen LogP contribution in [-0.2, 0) is 4.79 Å². The number of rotatable bonds is 3. The third-order valence-corrected chi connectivity index (χ3v) is 4.60. The topological polar surface area (TPSA) is 52.6 Å². The number of carbonyl (C=O) groups excluding carboxylic acids is 1. The van der Waals surface area contributed by atoms with Crippen molar-refractivity contribution in [2.24, 2.45) is 0 Å². The zero-order valence-electron chi connectivity index (χ0n) is 9.52. The second-order valence-corrected chi connectivity index (χ2v) is 5.83. The average Bonchev–Trinajstić information content (AvgIpc) is 2.74. The average molecular weight is 244 g/mol. The van der Waals surface area contributed by atoms with E-state index in [1.807, 2.05) is 0 Å². The fraction of sp³-hybridized carbons (Fsp3) is 0.909. The Labute approximate surface area is 101 Å². The Balaban J connectivity index is 1.67. The second kappa shape index (κ2) is 5.89. The number of nitrogens with zero attached hydrogens (tertiary/aromatic N) is 1. The van der Waals surface area contributed by atoms with E-state index in [-0.39, 0.29) is 12.0 Å². The SMILES string of the molecule is O=C(CSC1CCNCC1)N1CC[C@@H](O)C1. The maximum absolute atomic E-state index is 11.8. The molecule has 0 bridgehead atoms. The van der Waals surface area contributed by atoms with Crippen LogP contribution in [0.1, 0.15) is 19.3 Å². The molecule has 2 saturated heterocycles. The van der Waals surface area contributed by atoms with E-state index >= 15 is 0 Å². The van der Waals surface area contributed by atoms with E-state index < -0.39 is 0 Å². The fourth-order valence-corrected chi connectivity index (χ4v) is 3.34. The summed E-state index contributed by atoms with van der Waals surface area (Å²) in [4.78, 5) is 13.6. The van der Waals surface area contributed by atoms with Crippen molar-refractivity contribution in [2.45, 2.75) is 30.6 Å². The molecule has 0 aliphatic carbocycles. The molecule has 2 fully saturated rings. The van der Waals surface area contributed by atoms with Gasteiger partial charge in [-0.1, -0.05) is 0 Å². The summed E-state index contributed by atoms with van der Waals surface area (Å²) in [5.74, 6) is 0.775. The van der Waals surface area contributed by atoms with Gasteiger partial charge in [0.15, 0.2) is 0 Å². The van der Waals surface area contributed by atoms with Gasteiger partial charge in [-0.3, -0.25) is 4.79 Å². The van der Waals surface area contributed by atoms with Crippen LogP contribution in [0.15, 0.2) is 0 Å². The molecule has 5 heteroatoms. The van der Waals surface area contributed by atoms with Crippen molar-refractivity contribution >= 4 is 17.7 Å². The minimum atomic E-state index is -0.298. The molecule has 0 aromatic rings. The highest BCUT2D eigenvalue weighted by Gasteiger charge is 2.25. The van der Waals surface area contributed by atoms with Gasteiger partial charge in [0.2, 0.25) is 5.91 Å². The molecule has 0 aromatic carbocycles. The van der Waals surface area contributed by atoms with Crippen LogP contribution >= 0.6 is 11.8 Å². The summed E-state index contributed by atoms with van der Waals surface area (Å²) in [7, 11) is 0. The van der Waals surface area contributed by atoms with Crippen molar-refractivity contribution in [3.05, 3.63) is 0 Å². The largest absolute Gasteiger partial charge is 0.391 e. The number of aliphatic hydroxyl groups is 1. The first kappa shape index (κ1) is 12.2. The molecule has 0 spiro atoms. The molecule has 16 heavy (non-hydrogen) atoms. The number of nitrogens with one attached hydrogen (secondary N) is 1. The molecule has 0 saturated carbocycles. The lowest BCUT2D eigenvalue weighted by Crippen LogP contribution is -2.33. The van der Waals surface area contributed by atoms with E-state index in [2.05, 4.69) is 5.32 Å². The Morgan fingerprint density at radius 2 is 2.12 bits per heavy atom. The van der Waals surface area contributed by atoms with Crippen molar-refractivity contribution in [1.29, 1.82) is 0 Å².